The minimum atomic E-state index is -0.697. The summed E-state index contributed by atoms with van der Waals surface area (Å²) in [5.74, 6) is -0.764. The van der Waals surface area contributed by atoms with Gasteiger partial charge in [0.05, 0.1) is 54.8 Å². The van der Waals surface area contributed by atoms with Gasteiger partial charge in [0.2, 0.25) is 0 Å². The van der Waals surface area contributed by atoms with Crippen molar-refractivity contribution in [2.75, 3.05) is 7.11 Å². The van der Waals surface area contributed by atoms with Crippen molar-refractivity contribution in [1.29, 1.82) is 10.5 Å². The monoisotopic (exact) mass is 502 g/mol. The number of aromatic nitrogens is 6. The first kappa shape index (κ1) is 22.9. The number of methoxy groups -OCH3 is 1. The van der Waals surface area contributed by atoms with Crippen LogP contribution in [0.15, 0.2) is 40.2 Å². The third-order valence-electron chi connectivity index (χ3n) is 5.68. The fourth-order valence-electron chi connectivity index (χ4n) is 4.04. The van der Waals surface area contributed by atoms with E-state index < -0.39 is 17.1 Å². The largest absolute Gasteiger partial charge is 0.494 e. The SMILES string of the molecule is COc1cc(-c2cc3c(s2)c(=O)n(-c2cncc4nnn(C)c24)c(=O)n3CCC#N)c(C#N)cc1F. The van der Waals surface area contributed by atoms with Gasteiger partial charge in [0, 0.05) is 24.0 Å². The van der Waals surface area contributed by atoms with Crippen molar-refractivity contribution in [3.63, 3.8) is 0 Å². The summed E-state index contributed by atoms with van der Waals surface area (Å²) in [6.45, 7) is 0.0210. The highest BCUT2D eigenvalue weighted by Crippen LogP contribution is 2.36. The maximum absolute atomic E-state index is 14.2. The Morgan fingerprint density at radius 2 is 2.00 bits per heavy atom. The lowest BCUT2D eigenvalue weighted by molar-refractivity contribution is 0.386. The van der Waals surface area contributed by atoms with Gasteiger partial charge in [0.1, 0.15) is 15.7 Å². The van der Waals surface area contributed by atoms with Crippen LogP contribution in [-0.4, -0.2) is 36.2 Å². The molecule has 5 aromatic rings. The van der Waals surface area contributed by atoms with Gasteiger partial charge in [-0.2, -0.15) is 10.5 Å². The van der Waals surface area contributed by atoms with Crippen molar-refractivity contribution in [3.05, 3.63) is 62.8 Å². The van der Waals surface area contributed by atoms with Gasteiger partial charge in [-0.25, -0.2) is 18.4 Å². The maximum atomic E-state index is 14.2. The van der Waals surface area contributed by atoms with Crippen molar-refractivity contribution in [1.82, 2.24) is 29.1 Å². The molecule has 0 aliphatic carbocycles. The summed E-state index contributed by atoms with van der Waals surface area (Å²) in [5.41, 5.74) is 0.437. The zero-order chi connectivity index (χ0) is 25.6. The lowest BCUT2D eigenvalue weighted by atomic mass is 10.1. The summed E-state index contributed by atoms with van der Waals surface area (Å²) in [5, 5.41) is 26.7. The van der Waals surface area contributed by atoms with Crippen LogP contribution in [-0.2, 0) is 13.6 Å². The van der Waals surface area contributed by atoms with E-state index in [1.165, 1.54) is 34.8 Å². The molecule has 1 aromatic carbocycles. The van der Waals surface area contributed by atoms with E-state index in [9.17, 15) is 19.2 Å². The standard InChI is InChI=1S/C23H15FN8O3S/c1-30-20-15(28-29-30)10-27-11-17(20)32-22(33)21-16(31(23(32)34)5-3-4-25)8-19(36-21)13-7-18(35-2)14(24)6-12(13)9-26/h6-8,10-11H,3,5H2,1-2H3. The van der Waals surface area contributed by atoms with Crippen LogP contribution in [0.5, 0.6) is 5.75 Å². The van der Waals surface area contributed by atoms with Crippen molar-refractivity contribution in [3.8, 4) is 34.0 Å². The number of halogens is 1. The van der Waals surface area contributed by atoms with E-state index >= 15 is 0 Å². The van der Waals surface area contributed by atoms with E-state index in [0.717, 1.165) is 22.0 Å². The molecule has 0 atom stereocenters. The summed E-state index contributed by atoms with van der Waals surface area (Å²) in [7, 11) is 2.94. The highest BCUT2D eigenvalue weighted by molar-refractivity contribution is 7.22. The third-order valence-corrected chi connectivity index (χ3v) is 6.82. The second-order valence-electron chi connectivity index (χ2n) is 7.69. The molecule has 0 aliphatic heterocycles. The fraction of sp³-hybridized carbons (Fsp3) is 0.174. The molecule has 0 fully saturated rings. The van der Waals surface area contributed by atoms with Crippen LogP contribution < -0.4 is 16.0 Å². The zero-order valence-electron chi connectivity index (χ0n) is 18.9. The molecule has 0 spiro atoms. The Bertz CT molecular complexity index is 1890. The number of fused-ring (bicyclic) bond motifs is 2. The van der Waals surface area contributed by atoms with Crippen molar-refractivity contribution < 1.29 is 9.13 Å². The average molecular weight is 502 g/mol. The molecule has 0 bridgehead atoms. The first-order valence-corrected chi connectivity index (χ1v) is 11.3. The second kappa shape index (κ2) is 8.72. The quantitative estimate of drug-likeness (QED) is 0.356. The predicted molar refractivity (Wildman–Crippen MR) is 128 cm³/mol. The predicted octanol–water partition coefficient (Wildman–Crippen LogP) is 2.49. The summed E-state index contributed by atoms with van der Waals surface area (Å²) < 4.78 is 23.2. The first-order chi connectivity index (χ1) is 17.4. The molecule has 0 radical (unpaired) electrons. The van der Waals surface area contributed by atoms with Crippen LogP contribution in [0.3, 0.4) is 0 Å². The molecule has 0 N–H and O–H groups in total. The van der Waals surface area contributed by atoms with E-state index in [1.54, 1.807) is 13.1 Å². The molecular formula is C23H15FN8O3S. The number of thiophene rings is 1. The Morgan fingerprint density at radius 1 is 1.19 bits per heavy atom. The minimum Gasteiger partial charge on any atom is -0.494 e. The number of hydrogen-bond acceptors (Lipinski definition) is 9. The first-order valence-electron chi connectivity index (χ1n) is 10.5. The lowest BCUT2D eigenvalue weighted by Gasteiger charge is -2.11. The highest BCUT2D eigenvalue weighted by Gasteiger charge is 2.22. The van der Waals surface area contributed by atoms with E-state index in [4.69, 9.17) is 10.00 Å². The highest BCUT2D eigenvalue weighted by atomic mass is 32.1. The topological polar surface area (TPSA) is 144 Å². The number of pyridine rings is 1. The Morgan fingerprint density at radius 3 is 2.72 bits per heavy atom. The number of nitrogens with zero attached hydrogens (tertiary/aromatic N) is 8. The molecule has 13 heteroatoms. The Balaban J connectivity index is 1.87. The molecule has 4 heterocycles. The van der Waals surface area contributed by atoms with Crippen LogP contribution in [0, 0.1) is 28.5 Å². The lowest BCUT2D eigenvalue weighted by Crippen LogP contribution is -2.38. The van der Waals surface area contributed by atoms with E-state index in [1.807, 2.05) is 12.1 Å². The van der Waals surface area contributed by atoms with Gasteiger partial charge in [-0.3, -0.25) is 14.3 Å². The van der Waals surface area contributed by atoms with Gasteiger partial charge in [-0.15, -0.1) is 16.4 Å². The molecular weight excluding hydrogens is 487 g/mol. The van der Waals surface area contributed by atoms with Gasteiger partial charge in [0.25, 0.3) is 5.56 Å². The van der Waals surface area contributed by atoms with E-state index in [-0.39, 0.29) is 34.7 Å². The minimum absolute atomic E-state index is 0.0158. The molecule has 5 rings (SSSR count). The molecule has 0 saturated carbocycles. The Labute approximate surface area is 205 Å². The van der Waals surface area contributed by atoms with Crippen LogP contribution in [0.1, 0.15) is 12.0 Å². The third kappa shape index (κ3) is 3.41. The number of ether oxygens (including phenoxy) is 1. The van der Waals surface area contributed by atoms with Crippen LogP contribution >= 0.6 is 11.3 Å². The molecule has 0 saturated heterocycles. The van der Waals surface area contributed by atoms with Gasteiger partial charge < -0.3 is 4.74 Å². The van der Waals surface area contributed by atoms with Crippen LogP contribution in [0.4, 0.5) is 4.39 Å². The average Bonchev–Trinajstić information content (AvgIpc) is 3.49. The number of rotatable bonds is 5. The number of aryl methyl sites for hydroxylation is 2. The number of hydrogen-bond donors (Lipinski definition) is 0. The fourth-order valence-corrected chi connectivity index (χ4v) is 5.16. The molecule has 4 aromatic heterocycles. The Hall–Kier alpha value is -4.88. The molecule has 178 valence electrons. The summed E-state index contributed by atoms with van der Waals surface area (Å²) in [6.07, 6.45) is 2.86. The second-order valence-corrected chi connectivity index (χ2v) is 8.74. The van der Waals surface area contributed by atoms with Crippen LogP contribution in [0.2, 0.25) is 0 Å². The smallest absolute Gasteiger partial charge is 0.336 e. The summed E-state index contributed by atoms with van der Waals surface area (Å²) in [4.78, 5) is 31.9. The van der Waals surface area contributed by atoms with Gasteiger partial charge in [-0.05, 0) is 18.2 Å². The molecule has 0 unspecified atom stereocenters. The zero-order valence-corrected chi connectivity index (χ0v) is 19.7. The number of benzene rings is 1. The van der Waals surface area contributed by atoms with Crippen molar-refractivity contribution in [2.24, 2.45) is 7.05 Å². The summed E-state index contributed by atoms with van der Waals surface area (Å²) >= 11 is 1.04. The van der Waals surface area contributed by atoms with Gasteiger partial charge in [-0.1, -0.05) is 5.21 Å². The van der Waals surface area contributed by atoms with E-state index in [2.05, 4.69) is 15.3 Å². The van der Waals surface area contributed by atoms with Gasteiger partial charge >= 0.3 is 5.69 Å². The van der Waals surface area contributed by atoms with Gasteiger partial charge in [0.15, 0.2) is 11.6 Å². The van der Waals surface area contributed by atoms with E-state index in [0.29, 0.717) is 27.0 Å². The molecule has 0 amide bonds. The normalized spacial score (nSPS) is 11.0. The number of nitriles is 2. The maximum Gasteiger partial charge on any atom is 0.336 e. The molecule has 0 aliphatic rings. The van der Waals surface area contributed by atoms with Crippen molar-refractivity contribution in [2.45, 2.75) is 13.0 Å². The molecule has 36 heavy (non-hydrogen) atoms. The Kier molecular flexibility index (Phi) is 5.54. The van der Waals surface area contributed by atoms with Crippen molar-refractivity contribution >= 4 is 32.6 Å². The molecule has 11 nitrogen and oxygen atoms in total. The van der Waals surface area contributed by atoms with Crippen LogP contribution in [0.25, 0.3) is 37.4 Å². The summed E-state index contributed by atoms with van der Waals surface area (Å²) in [6, 6.07) is 7.99.